The summed E-state index contributed by atoms with van der Waals surface area (Å²) in [6.45, 7) is 7.72. The van der Waals surface area contributed by atoms with Gasteiger partial charge >= 0.3 is 0 Å². The third-order valence-corrected chi connectivity index (χ3v) is 4.12. The van der Waals surface area contributed by atoms with E-state index in [4.69, 9.17) is 9.29 Å². The van der Waals surface area contributed by atoms with Gasteiger partial charge < -0.3 is 9.64 Å². The van der Waals surface area contributed by atoms with Crippen LogP contribution in [0.15, 0.2) is 0 Å². The Hall–Kier alpha value is -0.210. The van der Waals surface area contributed by atoms with Gasteiger partial charge in [0.15, 0.2) is 0 Å². The molecule has 0 bridgehead atoms. The van der Waals surface area contributed by atoms with Crippen molar-refractivity contribution in [1.29, 1.82) is 0 Å². The average molecular weight is 310 g/mol. The smallest absolute Gasteiger partial charge is 0.266 e. The lowest BCUT2D eigenvalue weighted by Crippen LogP contribution is -2.46. The van der Waals surface area contributed by atoms with E-state index in [0.717, 1.165) is 25.9 Å². The van der Waals surface area contributed by atoms with E-state index < -0.39 is 10.1 Å². The lowest BCUT2D eigenvalue weighted by atomic mass is 10.0. The number of hydrogen-bond acceptors (Lipinski definition) is 5. The van der Waals surface area contributed by atoms with E-state index in [1.807, 2.05) is 13.8 Å². The highest BCUT2D eigenvalue weighted by Crippen LogP contribution is 2.15. The molecule has 0 aromatic heterocycles. The highest BCUT2D eigenvalue weighted by Gasteiger charge is 2.23. The molecule has 1 N–H and O–H groups in total. The lowest BCUT2D eigenvalue weighted by Gasteiger charge is -2.37. The zero-order valence-electron chi connectivity index (χ0n) is 13.2. The molecule has 1 heterocycles. The van der Waals surface area contributed by atoms with Gasteiger partial charge in [0.1, 0.15) is 0 Å². The van der Waals surface area contributed by atoms with Crippen LogP contribution in [0, 0.1) is 0 Å². The molecule has 122 valence electrons. The lowest BCUT2D eigenvalue weighted by molar-refractivity contribution is 0.0899. The molecule has 20 heavy (non-hydrogen) atoms. The van der Waals surface area contributed by atoms with Crippen molar-refractivity contribution in [2.45, 2.75) is 32.7 Å². The zero-order valence-corrected chi connectivity index (χ0v) is 14.0. The van der Waals surface area contributed by atoms with Crippen LogP contribution in [0.5, 0.6) is 0 Å². The Bertz CT molecular complexity index is 327. The molecule has 1 aliphatic heterocycles. The van der Waals surface area contributed by atoms with Crippen molar-refractivity contribution in [3.8, 4) is 0 Å². The van der Waals surface area contributed by atoms with Gasteiger partial charge in [0.05, 0.1) is 12.4 Å². The molecule has 1 aliphatic rings. The second-order valence-corrected chi connectivity index (χ2v) is 6.42. The molecule has 1 rings (SSSR count). The van der Waals surface area contributed by atoms with E-state index in [1.165, 1.54) is 0 Å². The van der Waals surface area contributed by atoms with Crippen LogP contribution in [0.2, 0.25) is 0 Å². The van der Waals surface area contributed by atoms with Gasteiger partial charge in [-0.3, -0.25) is 9.45 Å². The first-order chi connectivity index (χ1) is 9.42. The van der Waals surface area contributed by atoms with Crippen LogP contribution in [-0.4, -0.2) is 81.5 Å². The van der Waals surface area contributed by atoms with Crippen molar-refractivity contribution in [3.63, 3.8) is 0 Å². The summed E-state index contributed by atoms with van der Waals surface area (Å²) in [5, 5.41) is 0. The van der Waals surface area contributed by atoms with Crippen molar-refractivity contribution in [2.24, 2.45) is 0 Å². The van der Waals surface area contributed by atoms with E-state index in [1.54, 1.807) is 7.11 Å². The first kappa shape index (κ1) is 19.8. The fourth-order valence-electron chi connectivity index (χ4n) is 2.28. The molecule has 7 heteroatoms. The van der Waals surface area contributed by atoms with Crippen LogP contribution in [0.4, 0.5) is 0 Å². The van der Waals surface area contributed by atoms with Crippen molar-refractivity contribution < 1.29 is 17.7 Å². The van der Waals surface area contributed by atoms with Gasteiger partial charge in [-0.05, 0) is 33.0 Å². The number of methoxy groups -OCH3 is 1. The molecule has 0 aliphatic carbocycles. The van der Waals surface area contributed by atoms with E-state index >= 15 is 0 Å². The molecule has 6 nitrogen and oxygen atoms in total. The van der Waals surface area contributed by atoms with Crippen LogP contribution < -0.4 is 0 Å². The first-order valence-electron chi connectivity index (χ1n) is 7.29. The Labute approximate surface area is 123 Å². The summed E-state index contributed by atoms with van der Waals surface area (Å²) in [5.74, 6) is -0.205. The Kier molecular flexibility index (Phi) is 10.4. The molecule has 0 spiro atoms. The highest BCUT2D eigenvalue weighted by atomic mass is 32.2. The number of hydrogen-bond donors (Lipinski definition) is 1. The summed E-state index contributed by atoms with van der Waals surface area (Å²) < 4.78 is 35.6. The van der Waals surface area contributed by atoms with Gasteiger partial charge in [0.25, 0.3) is 10.1 Å². The Morgan fingerprint density at radius 1 is 1.25 bits per heavy atom. The molecule has 0 aromatic rings. The van der Waals surface area contributed by atoms with Crippen LogP contribution >= 0.6 is 0 Å². The molecule has 0 atom stereocenters. The number of piperidine rings is 1. The summed E-state index contributed by atoms with van der Waals surface area (Å²) in [4.78, 5) is 4.39. The maximum atomic E-state index is 10.8. The molecule has 1 saturated heterocycles. The number of rotatable bonds is 7. The van der Waals surface area contributed by atoms with Gasteiger partial charge in [0.2, 0.25) is 0 Å². The van der Waals surface area contributed by atoms with Gasteiger partial charge in [-0.2, -0.15) is 8.42 Å². The van der Waals surface area contributed by atoms with Gasteiger partial charge in [-0.25, -0.2) is 0 Å². The predicted octanol–water partition coefficient (Wildman–Crippen LogP) is 0.943. The monoisotopic (exact) mass is 310 g/mol. The summed E-state index contributed by atoms with van der Waals surface area (Å²) >= 11 is 0. The van der Waals surface area contributed by atoms with Crippen LogP contribution in [0.25, 0.3) is 0 Å². The van der Waals surface area contributed by atoms with Gasteiger partial charge in [-0.1, -0.05) is 13.8 Å². The van der Waals surface area contributed by atoms with Gasteiger partial charge in [0, 0.05) is 26.2 Å². The van der Waals surface area contributed by atoms with Crippen LogP contribution in [-0.2, 0) is 14.9 Å². The minimum atomic E-state index is -3.89. The van der Waals surface area contributed by atoms with Crippen LogP contribution in [0.3, 0.4) is 0 Å². The average Bonchev–Trinajstić information content (AvgIpc) is 2.41. The summed E-state index contributed by atoms with van der Waals surface area (Å²) in [6, 6.07) is 0.387. The predicted molar refractivity (Wildman–Crippen MR) is 81.7 cm³/mol. The summed E-state index contributed by atoms with van der Waals surface area (Å²) in [5.41, 5.74) is 0. The second-order valence-electron chi connectivity index (χ2n) is 4.85. The minimum absolute atomic E-state index is 0.205. The fourth-order valence-corrected chi connectivity index (χ4v) is 2.74. The van der Waals surface area contributed by atoms with E-state index in [9.17, 15) is 8.42 Å². The fraction of sp³-hybridized carbons (Fsp3) is 1.00. The molecule has 0 radical (unpaired) electrons. The van der Waals surface area contributed by atoms with Crippen molar-refractivity contribution in [2.75, 3.05) is 52.7 Å². The maximum absolute atomic E-state index is 10.8. The maximum Gasteiger partial charge on any atom is 0.266 e. The summed E-state index contributed by atoms with van der Waals surface area (Å²) in [6.07, 6.45) is 2.07. The van der Waals surface area contributed by atoms with Gasteiger partial charge in [-0.15, -0.1) is 0 Å². The molecular formula is C13H30N2O4S. The highest BCUT2D eigenvalue weighted by molar-refractivity contribution is 7.85. The zero-order chi connectivity index (χ0) is 15.6. The van der Waals surface area contributed by atoms with Crippen LogP contribution in [0.1, 0.15) is 26.7 Å². The van der Waals surface area contributed by atoms with Crippen molar-refractivity contribution in [1.82, 2.24) is 9.80 Å². The Balaban J connectivity index is 0.00000172. The standard InChI is InChI=1S/C11H24N2O4S.C2H6/c1-12-5-3-11(4-6-12)13(7-9-17-2)8-10-18(14,15)16;1-2/h11H,3-10H2,1-2H3,(H,14,15,16);1-2H3. The van der Waals surface area contributed by atoms with Crippen molar-refractivity contribution >= 4 is 10.1 Å². The minimum Gasteiger partial charge on any atom is -0.383 e. The molecule has 0 unspecified atom stereocenters. The molecule has 0 saturated carbocycles. The Morgan fingerprint density at radius 3 is 2.25 bits per heavy atom. The normalized spacial score (nSPS) is 17.9. The quantitative estimate of drug-likeness (QED) is 0.706. The molecule has 1 fully saturated rings. The molecule has 0 amide bonds. The number of nitrogens with zero attached hydrogens (tertiary/aromatic N) is 2. The van der Waals surface area contributed by atoms with Crippen molar-refractivity contribution in [3.05, 3.63) is 0 Å². The third kappa shape index (κ3) is 8.86. The van der Waals surface area contributed by atoms with E-state index in [0.29, 0.717) is 25.7 Å². The number of ether oxygens (including phenoxy) is 1. The topological polar surface area (TPSA) is 70.1 Å². The van der Waals surface area contributed by atoms with E-state index in [-0.39, 0.29) is 5.75 Å². The largest absolute Gasteiger partial charge is 0.383 e. The first-order valence-corrected chi connectivity index (χ1v) is 8.90. The summed E-state index contributed by atoms with van der Waals surface area (Å²) in [7, 11) is -0.161. The third-order valence-electron chi connectivity index (χ3n) is 3.42. The van der Waals surface area contributed by atoms with E-state index in [2.05, 4.69) is 16.8 Å². The Morgan fingerprint density at radius 2 is 1.80 bits per heavy atom. The number of likely N-dealkylation sites (tertiary alicyclic amines) is 1. The second kappa shape index (κ2) is 10.5. The SMILES string of the molecule is CC.COCCN(CCS(=O)(=O)O)C1CCN(C)CC1. The molecular weight excluding hydrogens is 280 g/mol. The molecule has 0 aromatic carbocycles.